The Kier molecular flexibility index (Phi) is 3.94. The van der Waals surface area contributed by atoms with Crippen molar-refractivity contribution in [1.82, 2.24) is 29.3 Å². The van der Waals surface area contributed by atoms with Crippen LogP contribution in [-0.2, 0) is 0 Å². The minimum Gasteiger partial charge on any atom is -0.306 e. The number of hydrogen-bond acceptors (Lipinski definition) is 4. The smallest absolute Gasteiger partial charge is 0.156 e. The number of piperidine rings is 1. The molecule has 0 N–H and O–H groups in total. The summed E-state index contributed by atoms with van der Waals surface area (Å²) in [5.74, 6) is -0.305. The van der Waals surface area contributed by atoms with Crippen molar-refractivity contribution in [2.75, 3.05) is 20.1 Å². The van der Waals surface area contributed by atoms with Gasteiger partial charge in [0.1, 0.15) is 5.52 Å². The molecule has 4 heterocycles. The number of halogens is 1. The number of imidazole rings is 1. The van der Waals surface area contributed by atoms with Gasteiger partial charge in [0.15, 0.2) is 11.5 Å². The molecule has 0 aliphatic carbocycles. The minimum atomic E-state index is -0.305. The van der Waals surface area contributed by atoms with Crippen molar-refractivity contribution in [1.29, 1.82) is 0 Å². The molecule has 1 aliphatic rings. The molecule has 1 fully saturated rings. The monoisotopic (exact) mass is 378 g/mol. The highest BCUT2D eigenvalue weighted by atomic mass is 19.1. The van der Waals surface area contributed by atoms with E-state index in [4.69, 9.17) is 0 Å². The second kappa shape index (κ2) is 6.38. The van der Waals surface area contributed by atoms with Gasteiger partial charge in [0.05, 0.1) is 23.6 Å². The third-order valence-electron chi connectivity index (χ3n) is 5.67. The molecule has 6 nitrogen and oxygen atoms in total. The maximum atomic E-state index is 14.9. The topological polar surface area (TPSA) is 51.3 Å². The average Bonchev–Trinajstić information content (AvgIpc) is 3.26. The van der Waals surface area contributed by atoms with E-state index in [1.807, 2.05) is 43.1 Å². The molecule has 1 aliphatic heterocycles. The van der Waals surface area contributed by atoms with Crippen LogP contribution >= 0.6 is 0 Å². The quantitative estimate of drug-likeness (QED) is 0.533. The van der Waals surface area contributed by atoms with Gasteiger partial charge in [-0.1, -0.05) is 0 Å². The first kappa shape index (κ1) is 17.3. The van der Waals surface area contributed by atoms with Gasteiger partial charge in [-0.15, -0.1) is 0 Å². The van der Waals surface area contributed by atoms with Crippen LogP contribution in [0.3, 0.4) is 0 Å². The first-order chi connectivity index (χ1) is 13.5. The molecule has 3 aromatic heterocycles. The molecule has 7 heteroatoms. The van der Waals surface area contributed by atoms with Gasteiger partial charge >= 0.3 is 0 Å². The van der Waals surface area contributed by atoms with E-state index in [-0.39, 0.29) is 5.82 Å². The Bertz CT molecular complexity index is 1180. The summed E-state index contributed by atoms with van der Waals surface area (Å²) in [6, 6.07) is 5.81. The lowest BCUT2D eigenvalue weighted by atomic mass is 10.1. The Labute approximate surface area is 162 Å². The molecule has 1 aromatic carbocycles. The third kappa shape index (κ3) is 2.86. The van der Waals surface area contributed by atoms with Crippen LogP contribution in [0, 0.1) is 19.7 Å². The summed E-state index contributed by atoms with van der Waals surface area (Å²) < 4.78 is 18.6. The van der Waals surface area contributed by atoms with E-state index in [9.17, 15) is 4.39 Å². The van der Waals surface area contributed by atoms with Crippen LogP contribution in [0.25, 0.3) is 27.8 Å². The summed E-state index contributed by atoms with van der Waals surface area (Å²) in [6.07, 6.45) is 5.94. The summed E-state index contributed by atoms with van der Waals surface area (Å²) >= 11 is 0. The van der Waals surface area contributed by atoms with Crippen molar-refractivity contribution in [3.63, 3.8) is 0 Å². The standard InChI is InChI=1S/C21H23FN6/c1-13-8-19(24-28-11-14(2)23-21(13)28)15-9-16-12-27(25-20(16)18(22)10-15)17-4-6-26(3)7-5-17/h8-12,17H,4-7H2,1-3H3. The number of benzene rings is 1. The molecular weight excluding hydrogens is 355 g/mol. The SMILES string of the molecule is Cc1cn2nc(-c3cc(F)c4nn(C5CCN(C)CC5)cc4c3)cc(C)c2n1. The van der Waals surface area contributed by atoms with Crippen LogP contribution in [-0.4, -0.2) is 49.4 Å². The first-order valence-corrected chi connectivity index (χ1v) is 9.69. The van der Waals surface area contributed by atoms with Crippen LogP contribution in [0.2, 0.25) is 0 Å². The minimum absolute atomic E-state index is 0.305. The van der Waals surface area contributed by atoms with Crippen LogP contribution < -0.4 is 0 Å². The van der Waals surface area contributed by atoms with Gasteiger partial charge in [0.2, 0.25) is 0 Å². The molecule has 0 radical (unpaired) electrons. The van der Waals surface area contributed by atoms with Crippen molar-refractivity contribution in [2.45, 2.75) is 32.7 Å². The fourth-order valence-corrected chi connectivity index (χ4v) is 4.09. The first-order valence-electron chi connectivity index (χ1n) is 9.69. The lowest BCUT2D eigenvalue weighted by Crippen LogP contribution is -2.31. The lowest BCUT2D eigenvalue weighted by molar-refractivity contribution is 0.213. The lowest BCUT2D eigenvalue weighted by Gasteiger charge is -2.28. The molecule has 0 spiro atoms. The van der Waals surface area contributed by atoms with Crippen molar-refractivity contribution in [3.05, 3.63) is 47.7 Å². The largest absolute Gasteiger partial charge is 0.306 e. The summed E-state index contributed by atoms with van der Waals surface area (Å²) in [5, 5.41) is 10.0. The molecule has 4 aromatic rings. The molecule has 0 atom stereocenters. The van der Waals surface area contributed by atoms with E-state index < -0.39 is 0 Å². The summed E-state index contributed by atoms with van der Waals surface area (Å²) in [5.41, 5.74) is 4.67. The Morgan fingerprint density at radius 2 is 1.82 bits per heavy atom. The second-order valence-electron chi connectivity index (χ2n) is 7.90. The van der Waals surface area contributed by atoms with Crippen molar-refractivity contribution in [3.8, 4) is 11.3 Å². The molecule has 1 saturated heterocycles. The molecule has 0 amide bonds. The number of likely N-dealkylation sites (tertiary alicyclic amines) is 1. The van der Waals surface area contributed by atoms with E-state index in [0.29, 0.717) is 11.6 Å². The van der Waals surface area contributed by atoms with E-state index in [1.165, 1.54) is 6.07 Å². The van der Waals surface area contributed by atoms with Crippen LogP contribution in [0.15, 0.2) is 30.6 Å². The molecule has 144 valence electrons. The molecule has 0 bridgehead atoms. The highest BCUT2D eigenvalue weighted by molar-refractivity contribution is 5.84. The van der Waals surface area contributed by atoms with Crippen LogP contribution in [0.5, 0.6) is 0 Å². The number of aryl methyl sites for hydroxylation is 2. The van der Waals surface area contributed by atoms with Gasteiger partial charge in [0.25, 0.3) is 0 Å². The van der Waals surface area contributed by atoms with Gasteiger partial charge in [-0.3, -0.25) is 4.68 Å². The molecular formula is C21H23FN6. The van der Waals surface area contributed by atoms with Crippen molar-refractivity contribution in [2.24, 2.45) is 0 Å². The Morgan fingerprint density at radius 3 is 2.61 bits per heavy atom. The normalized spacial score (nSPS) is 16.4. The van der Waals surface area contributed by atoms with Gasteiger partial charge in [-0.2, -0.15) is 10.2 Å². The fourth-order valence-electron chi connectivity index (χ4n) is 4.09. The molecule has 0 saturated carbocycles. The highest BCUT2D eigenvalue weighted by Crippen LogP contribution is 2.29. The maximum Gasteiger partial charge on any atom is 0.156 e. The zero-order valence-electron chi connectivity index (χ0n) is 16.4. The predicted molar refractivity (Wildman–Crippen MR) is 107 cm³/mol. The van der Waals surface area contributed by atoms with Crippen molar-refractivity contribution >= 4 is 16.6 Å². The molecule has 5 rings (SSSR count). The second-order valence-corrected chi connectivity index (χ2v) is 7.90. The number of rotatable bonds is 2. The van der Waals surface area contributed by atoms with Gasteiger partial charge in [-0.05, 0) is 70.6 Å². The average molecular weight is 378 g/mol. The van der Waals surface area contributed by atoms with Gasteiger partial charge in [0, 0.05) is 17.1 Å². The highest BCUT2D eigenvalue weighted by Gasteiger charge is 2.20. The maximum absolute atomic E-state index is 14.9. The van der Waals surface area contributed by atoms with Crippen LogP contribution in [0.1, 0.15) is 30.1 Å². The van der Waals surface area contributed by atoms with Gasteiger partial charge in [-0.25, -0.2) is 13.9 Å². The van der Waals surface area contributed by atoms with E-state index in [0.717, 1.165) is 59.5 Å². The Morgan fingerprint density at radius 1 is 1.04 bits per heavy atom. The number of nitrogens with zero attached hydrogens (tertiary/aromatic N) is 6. The van der Waals surface area contributed by atoms with E-state index in [2.05, 4.69) is 27.1 Å². The Hall–Kier alpha value is -2.80. The number of hydrogen-bond donors (Lipinski definition) is 0. The zero-order valence-corrected chi connectivity index (χ0v) is 16.4. The summed E-state index contributed by atoms with van der Waals surface area (Å²) in [6.45, 7) is 6.03. The molecule has 0 unspecified atom stereocenters. The fraction of sp³-hybridized carbons (Fsp3) is 0.381. The third-order valence-corrected chi connectivity index (χ3v) is 5.67. The molecule has 28 heavy (non-hydrogen) atoms. The number of aromatic nitrogens is 5. The zero-order chi connectivity index (χ0) is 19.4. The van der Waals surface area contributed by atoms with E-state index >= 15 is 0 Å². The summed E-state index contributed by atoms with van der Waals surface area (Å²) in [4.78, 5) is 6.80. The van der Waals surface area contributed by atoms with E-state index in [1.54, 1.807) is 4.52 Å². The predicted octanol–water partition coefficient (Wildman–Crippen LogP) is 3.77. The number of fused-ring (bicyclic) bond motifs is 2. The van der Waals surface area contributed by atoms with Crippen molar-refractivity contribution < 1.29 is 4.39 Å². The Balaban J connectivity index is 1.57. The van der Waals surface area contributed by atoms with Gasteiger partial charge < -0.3 is 4.90 Å². The van der Waals surface area contributed by atoms with Crippen LogP contribution in [0.4, 0.5) is 4.39 Å². The summed E-state index contributed by atoms with van der Waals surface area (Å²) in [7, 11) is 2.13.